The van der Waals surface area contributed by atoms with Crippen LogP contribution in [0.3, 0.4) is 0 Å². The number of halogens is 1. The Balaban J connectivity index is 1.43. The van der Waals surface area contributed by atoms with Crippen molar-refractivity contribution in [3.8, 4) is 11.5 Å². The van der Waals surface area contributed by atoms with E-state index < -0.39 is 18.2 Å². The standard InChI is InChI=1S/C30H32FN5O5/c1-33-19-28(38)35-26(15-20-5-11-24(37)12-6-20)29(39)34(17-22-3-9-23(31)10-4-22)18-27(35)36(33)30(40)32-16-21-7-13-25(41-2)14-8-21/h3-14,26-27,37H,15-19H2,1-2H3,(H,32,40)/t26-,27?/m0/s1. The minimum absolute atomic E-state index is 0.0777. The number of urea groups is 1. The van der Waals surface area contributed by atoms with E-state index in [2.05, 4.69) is 5.32 Å². The third kappa shape index (κ3) is 6.09. The number of carbonyl (C=O) groups is 3. The third-order valence-electron chi connectivity index (χ3n) is 7.40. The fourth-order valence-electron chi connectivity index (χ4n) is 5.31. The number of aromatic hydroxyl groups is 1. The number of hydrogen-bond donors (Lipinski definition) is 2. The molecular weight excluding hydrogens is 529 g/mol. The number of methoxy groups -OCH3 is 1. The Labute approximate surface area is 237 Å². The van der Waals surface area contributed by atoms with Gasteiger partial charge in [0.15, 0.2) is 0 Å². The zero-order chi connectivity index (χ0) is 29.1. The van der Waals surface area contributed by atoms with E-state index in [4.69, 9.17) is 4.74 Å². The van der Waals surface area contributed by atoms with E-state index >= 15 is 0 Å². The Hall–Kier alpha value is -4.64. The highest BCUT2D eigenvalue weighted by Gasteiger charge is 2.50. The first-order chi connectivity index (χ1) is 19.7. The van der Waals surface area contributed by atoms with Gasteiger partial charge >= 0.3 is 6.03 Å². The molecule has 5 rings (SSSR count). The fraction of sp³-hybridized carbons (Fsp3) is 0.300. The van der Waals surface area contributed by atoms with E-state index in [0.29, 0.717) is 5.75 Å². The Morgan fingerprint density at radius 2 is 1.61 bits per heavy atom. The van der Waals surface area contributed by atoms with Crippen LogP contribution in [0.25, 0.3) is 0 Å². The topological polar surface area (TPSA) is 106 Å². The number of benzene rings is 3. The lowest BCUT2D eigenvalue weighted by Crippen LogP contribution is -2.76. The summed E-state index contributed by atoms with van der Waals surface area (Å²) in [6.07, 6.45) is -0.566. The molecule has 0 aliphatic carbocycles. The van der Waals surface area contributed by atoms with Gasteiger partial charge in [0, 0.05) is 26.6 Å². The summed E-state index contributed by atoms with van der Waals surface area (Å²) in [6.45, 7) is 0.440. The second kappa shape index (κ2) is 11.8. The number of carbonyl (C=O) groups excluding carboxylic acids is 3. The summed E-state index contributed by atoms with van der Waals surface area (Å²) in [4.78, 5) is 44.0. The van der Waals surface area contributed by atoms with Crippen LogP contribution in [0.5, 0.6) is 11.5 Å². The SMILES string of the molecule is COc1ccc(CNC(=O)N2C3CN(Cc4ccc(F)cc4)C(=O)[C@H](Cc4ccc(O)cc4)N3C(=O)CN2C)cc1. The number of ether oxygens (including phenoxy) is 1. The Kier molecular flexibility index (Phi) is 8.06. The molecule has 2 saturated heterocycles. The highest BCUT2D eigenvalue weighted by molar-refractivity contribution is 5.91. The molecule has 41 heavy (non-hydrogen) atoms. The Morgan fingerprint density at radius 3 is 2.27 bits per heavy atom. The van der Waals surface area contributed by atoms with Crippen molar-refractivity contribution in [3.63, 3.8) is 0 Å². The van der Waals surface area contributed by atoms with Gasteiger partial charge in [0.2, 0.25) is 11.8 Å². The van der Waals surface area contributed by atoms with Gasteiger partial charge in [0.25, 0.3) is 0 Å². The molecule has 2 aliphatic rings. The van der Waals surface area contributed by atoms with Crippen molar-refractivity contribution in [3.05, 3.63) is 95.3 Å². The summed E-state index contributed by atoms with van der Waals surface area (Å²) in [6, 6.07) is 18.4. The van der Waals surface area contributed by atoms with Gasteiger partial charge in [-0.25, -0.2) is 19.2 Å². The second-order valence-corrected chi connectivity index (χ2v) is 10.2. The second-order valence-electron chi connectivity index (χ2n) is 10.2. The number of nitrogens with one attached hydrogen (secondary N) is 1. The van der Waals surface area contributed by atoms with Crippen LogP contribution < -0.4 is 10.1 Å². The molecule has 3 aromatic carbocycles. The predicted molar refractivity (Wildman–Crippen MR) is 148 cm³/mol. The van der Waals surface area contributed by atoms with E-state index in [0.717, 1.165) is 16.7 Å². The first kappa shape index (κ1) is 27.9. The largest absolute Gasteiger partial charge is 0.508 e. The summed E-state index contributed by atoms with van der Waals surface area (Å²) in [7, 11) is 3.25. The highest BCUT2D eigenvalue weighted by Crippen LogP contribution is 2.29. The number of phenols is 1. The Bertz CT molecular complexity index is 1400. The van der Waals surface area contributed by atoms with Gasteiger partial charge in [-0.1, -0.05) is 36.4 Å². The van der Waals surface area contributed by atoms with Crippen molar-refractivity contribution in [2.75, 3.05) is 27.2 Å². The van der Waals surface area contributed by atoms with Gasteiger partial charge in [-0.05, 0) is 53.1 Å². The van der Waals surface area contributed by atoms with E-state index in [9.17, 15) is 23.9 Å². The predicted octanol–water partition coefficient (Wildman–Crippen LogP) is 2.72. The molecule has 0 bridgehead atoms. The smallest absolute Gasteiger partial charge is 0.334 e. The maximum absolute atomic E-state index is 13.9. The first-order valence-corrected chi connectivity index (χ1v) is 13.3. The molecule has 4 amide bonds. The van der Waals surface area contributed by atoms with Gasteiger partial charge in [-0.2, -0.15) is 0 Å². The lowest BCUT2D eigenvalue weighted by atomic mass is 9.98. The maximum atomic E-state index is 13.9. The highest BCUT2D eigenvalue weighted by atomic mass is 19.1. The van der Waals surface area contributed by atoms with E-state index in [1.165, 1.54) is 34.2 Å². The normalized spacial score (nSPS) is 19.2. The van der Waals surface area contributed by atoms with Crippen LogP contribution in [0.1, 0.15) is 16.7 Å². The average molecular weight is 562 g/mol. The molecule has 0 radical (unpaired) electrons. The summed E-state index contributed by atoms with van der Waals surface area (Å²) >= 11 is 0. The van der Waals surface area contributed by atoms with Crippen LogP contribution >= 0.6 is 0 Å². The van der Waals surface area contributed by atoms with Gasteiger partial charge in [-0.15, -0.1) is 0 Å². The molecule has 2 heterocycles. The molecule has 0 spiro atoms. The number of amides is 4. The van der Waals surface area contributed by atoms with Crippen LogP contribution in [-0.2, 0) is 29.1 Å². The van der Waals surface area contributed by atoms with Crippen LogP contribution in [0.15, 0.2) is 72.8 Å². The van der Waals surface area contributed by atoms with E-state index in [1.54, 1.807) is 48.3 Å². The molecule has 11 heteroatoms. The molecule has 2 fully saturated rings. The first-order valence-electron chi connectivity index (χ1n) is 13.3. The fourth-order valence-corrected chi connectivity index (χ4v) is 5.31. The van der Waals surface area contributed by atoms with Crippen molar-refractivity contribution >= 4 is 17.8 Å². The molecule has 10 nitrogen and oxygen atoms in total. The number of likely N-dealkylation sites (N-methyl/N-ethyl adjacent to an activating group) is 1. The number of fused-ring (bicyclic) bond motifs is 1. The average Bonchev–Trinajstić information content (AvgIpc) is 2.96. The van der Waals surface area contributed by atoms with Crippen molar-refractivity contribution in [1.82, 2.24) is 25.1 Å². The monoisotopic (exact) mass is 561 g/mol. The number of rotatable bonds is 7. The van der Waals surface area contributed by atoms with Crippen LogP contribution in [0.2, 0.25) is 0 Å². The van der Waals surface area contributed by atoms with Gasteiger partial charge in [-0.3, -0.25) is 9.59 Å². The van der Waals surface area contributed by atoms with E-state index in [-0.39, 0.29) is 56.0 Å². The summed E-state index contributed by atoms with van der Waals surface area (Å²) in [5, 5.41) is 15.7. The number of phenolic OH excluding ortho intramolecular Hbond substituents is 1. The zero-order valence-electron chi connectivity index (χ0n) is 22.9. The molecule has 3 aromatic rings. The van der Waals surface area contributed by atoms with Crippen molar-refractivity contribution in [2.45, 2.75) is 31.7 Å². The summed E-state index contributed by atoms with van der Waals surface area (Å²) in [5.74, 6) is -0.118. The van der Waals surface area contributed by atoms with Crippen LogP contribution in [0.4, 0.5) is 9.18 Å². The lowest BCUT2D eigenvalue weighted by molar-refractivity contribution is -0.187. The minimum Gasteiger partial charge on any atom is -0.508 e. The van der Waals surface area contributed by atoms with Crippen LogP contribution in [-0.4, -0.2) is 82.2 Å². The third-order valence-corrected chi connectivity index (χ3v) is 7.40. The minimum atomic E-state index is -0.878. The van der Waals surface area contributed by atoms with Crippen molar-refractivity contribution in [1.29, 1.82) is 0 Å². The summed E-state index contributed by atoms with van der Waals surface area (Å²) in [5.41, 5.74) is 2.35. The van der Waals surface area contributed by atoms with Gasteiger partial charge < -0.3 is 25.0 Å². The maximum Gasteiger partial charge on any atom is 0.334 e. The molecule has 2 N–H and O–H groups in total. The van der Waals surface area contributed by atoms with Gasteiger partial charge in [0.05, 0.1) is 20.2 Å². The van der Waals surface area contributed by atoms with Gasteiger partial charge in [0.1, 0.15) is 29.5 Å². The quantitative estimate of drug-likeness (QED) is 0.460. The molecule has 1 unspecified atom stereocenters. The summed E-state index contributed by atoms with van der Waals surface area (Å²) < 4.78 is 18.7. The Morgan fingerprint density at radius 1 is 0.976 bits per heavy atom. The lowest BCUT2D eigenvalue weighted by Gasteiger charge is -2.54. The zero-order valence-corrected chi connectivity index (χ0v) is 22.9. The molecular formula is C30H32FN5O5. The molecule has 2 aliphatic heterocycles. The number of nitrogens with zero attached hydrogens (tertiary/aromatic N) is 4. The molecule has 0 aromatic heterocycles. The number of piperazine rings is 1. The number of hydrogen-bond acceptors (Lipinski definition) is 6. The van der Waals surface area contributed by atoms with Crippen molar-refractivity contribution in [2.24, 2.45) is 0 Å². The van der Waals surface area contributed by atoms with Crippen LogP contribution in [0, 0.1) is 5.82 Å². The molecule has 2 atom stereocenters. The molecule has 0 saturated carbocycles. The van der Waals surface area contributed by atoms with E-state index in [1.807, 2.05) is 24.3 Å². The van der Waals surface area contributed by atoms with Crippen molar-refractivity contribution < 1.29 is 28.6 Å². The number of hydrazine groups is 1. The molecule has 214 valence electrons.